The summed E-state index contributed by atoms with van der Waals surface area (Å²) in [6.07, 6.45) is 5.55. The van der Waals surface area contributed by atoms with Crippen molar-refractivity contribution in [3.05, 3.63) is 41.3 Å². The summed E-state index contributed by atoms with van der Waals surface area (Å²) in [5, 5.41) is 12.7. The Hall–Kier alpha value is -2.71. The van der Waals surface area contributed by atoms with E-state index in [1.165, 1.54) is 0 Å². The lowest BCUT2D eigenvalue weighted by Gasteiger charge is -2.30. The molecule has 0 atom stereocenters. The van der Waals surface area contributed by atoms with Gasteiger partial charge in [0.05, 0.1) is 22.3 Å². The van der Waals surface area contributed by atoms with Gasteiger partial charge in [-0.2, -0.15) is 5.10 Å². The van der Waals surface area contributed by atoms with Crippen molar-refractivity contribution in [1.82, 2.24) is 25.1 Å². The van der Waals surface area contributed by atoms with Crippen LogP contribution in [0.4, 0.5) is 5.82 Å². The molecular formula is C23H29ClN6O2. The van der Waals surface area contributed by atoms with Crippen LogP contribution in [0.5, 0.6) is 0 Å². The van der Waals surface area contributed by atoms with Crippen LogP contribution in [0, 0.1) is 5.92 Å². The van der Waals surface area contributed by atoms with Gasteiger partial charge >= 0.3 is 0 Å². The summed E-state index contributed by atoms with van der Waals surface area (Å²) < 4.78 is 7.03. The number of benzene rings is 1. The van der Waals surface area contributed by atoms with Crippen molar-refractivity contribution in [1.29, 1.82) is 0 Å². The molecule has 0 bridgehead atoms. The van der Waals surface area contributed by atoms with Gasteiger partial charge in [0, 0.05) is 25.1 Å². The summed E-state index contributed by atoms with van der Waals surface area (Å²) in [4.78, 5) is 21.4. The Kier molecular flexibility index (Phi) is 6.91. The van der Waals surface area contributed by atoms with Gasteiger partial charge < -0.3 is 15.4 Å². The number of anilines is 1. The minimum Gasteiger partial charge on any atom is -0.377 e. The van der Waals surface area contributed by atoms with Crippen molar-refractivity contribution >= 4 is 34.4 Å². The summed E-state index contributed by atoms with van der Waals surface area (Å²) >= 11 is 6.41. The van der Waals surface area contributed by atoms with Crippen LogP contribution in [0.2, 0.25) is 5.02 Å². The standard InChI is InChI=1S/C23H29ClN6O2/c1-14(2)23(31)27-16-10-8-15(9-11-16)26-21-17-12-25-30(19-7-5-4-6-18(19)24)22(17)29-20(28-21)13-32-3/h4-7,12,14-16H,8-11,13H2,1-3H3,(H,27,31)(H,26,28,29). The smallest absolute Gasteiger partial charge is 0.222 e. The summed E-state index contributed by atoms with van der Waals surface area (Å²) in [5.41, 5.74) is 1.44. The molecule has 0 radical (unpaired) electrons. The fourth-order valence-electron chi connectivity index (χ4n) is 4.00. The molecule has 0 spiro atoms. The third kappa shape index (κ3) is 4.86. The average Bonchev–Trinajstić information content (AvgIpc) is 3.19. The lowest BCUT2D eigenvalue weighted by Crippen LogP contribution is -2.41. The van der Waals surface area contributed by atoms with Gasteiger partial charge in [-0.05, 0) is 37.8 Å². The number of nitrogens with zero attached hydrogens (tertiary/aromatic N) is 4. The molecule has 8 nitrogen and oxygen atoms in total. The number of halogens is 1. The summed E-state index contributed by atoms with van der Waals surface area (Å²) in [6, 6.07) is 8.04. The molecule has 32 heavy (non-hydrogen) atoms. The van der Waals surface area contributed by atoms with E-state index in [0.717, 1.165) is 42.6 Å². The van der Waals surface area contributed by atoms with Crippen molar-refractivity contribution in [2.24, 2.45) is 5.92 Å². The van der Waals surface area contributed by atoms with Crippen LogP contribution in [0.1, 0.15) is 45.4 Å². The van der Waals surface area contributed by atoms with E-state index in [9.17, 15) is 4.79 Å². The number of carbonyl (C=O) groups excluding carboxylic acids is 1. The van der Waals surface area contributed by atoms with Crippen LogP contribution in [0.25, 0.3) is 16.7 Å². The number of para-hydroxylation sites is 1. The Morgan fingerprint density at radius 2 is 1.91 bits per heavy atom. The van der Waals surface area contributed by atoms with E-state index in [-0.39, 0.29) is 23.9 Å². The Balaban J connectivity index is 1.57. The SMILES string of the molecule is COCc1nc(NC2CCC(NC(=O)C(C)C)CC2)c2cnn(-c3ccccc3Cl)c2n1. The second-order valence-corrected chi connectivity index (χ2v) is 8.93. The van der Waals surface area contributed by atoms with Crippen molar-refractivity contribution in [3.8, 4) is 5.69 Å². The average molecular weight is 457 g/mol. The Bertz CT molecular complexity index is 1090. The molecule has 170 valence electrons. The number of amides is 1. The zero-order valence-corrected chi connectivity index (χ0v) is 19.4. The van der Waals surface area contributed by atoms with E-state index < -0.39 is 0 Å². The molecule has 1 aliphatic rings. The van der Waals surface area contributed by atoms with Crippen LogP contribution in [-0.4, -0.2) is 44.8 Å². The molecule has 9 heteroatoms. The van der Waals surface area contributed by atoms with Crippen molar-refractivity contribution < 1.29 is 9.53 Å². The first-order valence-corrected chi connectivity index (χ1v) is 11.4. The first-order chi connectivity index (χ1) is 15.5. The lowest BCUT2D eigenvalue weighted by molar-refractivity contribution is -0.124. The number of hydrogen-bond acceptors (Lipinski definition) is 6. The number of fused-ring (bicyclic) bond motifs is 1. The number of ether oxygens (including phenoxy) is 1. The minimum atomic E-state index is 0.00834. The monoisotopic (exact) mass is 456 g/mol. The molecule has 1 fully saturated rings. The van der Waals surface area contributed by atoms with Crippen molar-refractivity contribution in [2.75, 3.05) is 12.4 Å². The van der Waals surface area contributed by atoms with E-state index in [4.69, 9.17) is 21.3 Å². The number of hydrogen-bond donors (Lipinski definition) is 2. The molecule has 0 unspecified atom stereocenters. The first kappa shape index (κ1) is 22.5. The maximum absolute atomic E-state index is 12.0. The lowest BCUT2D eigenvalue weighted by atomic mass is 9.90. The van der Waals surface area contributed by atoms with Gasteiger partial charge in [0.2, 0.25) is 5.91 Å². The van der Waals surface area contributed by atoms with E-state index in [0.29, 0.717) is 23.1 Å². The van der Waals surface area contributed by atoms with Gasteiger partial charge in [0.1, 0.15) is 12.4 Å². The topological polar surface area (TPSA) is 94.0 Å². The number of rotatable bonds is 7. The predicted molar refractivity (Wildman–Crippen MR) is 125 cm³/mol. The normalized spacial score (nSPS) is 18.8. The number of nitrogens with one attached hydrogen (secondary N) is 2. The van der Waals surface area contributed by atoms with Crippen LogP contribution in [0.15, 0.2) is 30.5 Å². The van der Waals surface area contributed by atoms with E-state index in [1.807, 2.05) is 38.1 Å². The first-order valence-electron chi connectivity index (χ1n) is 11.0. The second-order valence-electron chi connectivity index (χ2n) is 8.52. The third-order valence-corrected chi connectivity index (χ3v) is 6.09. The summed E-state index contributed by atoms with van der Waals surface area (Å²) in [6.45, 7) is 4.14. The maximum Gasteiger partial charge on any atom is 0.222 e. The zero-order chi connectivity index (χ0) is 22.7. The molecule has 3 aromatic rings. The van der Waals surface area contributed by atoms with Gasteiger partial charge in [-0.25, -0.2) is 14.6 Å². The van der Waals surface area contributed by atoms with Crippen LogP contribution in [-0.2, 0) is 16.1 Å². The Morgan fingerprint density at radius 3 is 2.59 bits per heavy atom. The highest BCUT2D eigenvalue weighted by Crippen LogP contribution is 2.29. The quantitative estimate of drug-likeness (QED) is 0.555. The van der Waals surface area contributed by atoms with Crippen molar-refractivity contribution in [3.63, 3.8) is 0 Å². The highest BCUT2D eigenvalue weighted by molar-refractivity contribution is 6.32. The molecule has 1 amide bonds. The molecule has 1 aromatic carbocycles. The van der Waals surface area contributed by atoms with Crippen LogP contribution in [0.3, 0.4) is 0 Å². The fourth-order valence-corrected chi connectivity index (χ4v) is 4.22. The van der Waals surface area contributed by atoms with Crippen molar-refractivity contribution in [2.45, 2.75) is 58.2 Å². The molecule has 2 N–H and O–H groups in total. The van der Waals surface area contributed by atoms with Crippen LogP contribution < -0.4 is 10.6 Å². The highest BCUT2D eigenvalue weighted by Gasteiger charge is 2.25. The molecular weight excluding hydrogens is 428 g/mol. The minimum absolute atomic E-state index is 0.00834. The molecule has 2 aromatic heterocycles. The molecule has 2 heterocycles. The summed E-state index contributed by atoms with van der Waals surface area (Å²) in [7, 11) is 1.62. The third-order valence-electron chi connectivity index (χ3n) is 5.77. The molecule has 1 saturated carbocycles. The number of carbonyl (C=O) groups is 1. The summed E-state index contributed by atoms with van der Waals surface area (Å²) in [5.74, 6) is 1.45. The van der Waals surface area contributed by atoms with E-state index in [1.54, 1.807) is 18.0 Å². The number of methoxy groups -OCH3 is 1. The largest absolute Gasteiger partial charge is 0.377 e. The van der Waals surface area contributed by atoms with Gasteiger partial charge in [-0.1, -0.05) is 37.6 Å². The number of aromatic nitrogens is 4. The highest BCUT2D eigenvalue weighted by atomic mass is 35.5. The Labute approximate surface area is 192 Å². The fraction of sp³-hybridized carbons (Fsp3) is 0.478. The van der Waals surface area contributed by atoms with Gasteiger partial charge in [0.25, 0.3) is 0 Å². The zero-order valence-electron chi connectivity index (χ0n) is 18.6. The predicted octanol–water partition coefficient (Wildman–Crippen LogP) is 4.11. The molecule has 4 rings (SSSR count). The van der Waals surface area contributed by atoms with Gasteiger partial charge in [-0.3, -0.25) is 4.79 Å². The van der Waals surface area contributed by atoms with Gasteiger partial charge in [0.15, 0.2) is 11.5 Å². The molecule has 0 aliphatic heterocycles. The Morgan fingerprint density at radius 1 is 1.19 bits per heavy atom. The van der Waals surface area contributed by atoms with E-state index in [2.05, 4.69) is 20.7 Å². The molecule has 1 aliphatic carbocycles. The molecule has 0 saturated heterocycles. The maximum atomic E-state index is 12.0. The van der Waals surface area contributed by atoms with Crippen LogP contribution >= 0.6 is 11.6 Å². The van der Waals surface area contributed by atoms with E-state index >= 15 is 0 Å². The second kappa shape index (κ2) is 9.83. The van der Waals surface area contributed by atoms with Gasteiger partial charge in [-0.15, -0.1) is 0 Å².